The van der Waals surface area contributed by atoms with Crippen LogP contribution in [0.5, 0.6) is 5.75 Å². The van der Waals surface area contributed by atoms with Gasteiger partial charge in [-0.1, -0.05) is 24.3 Å². The van der Waals surface area contributed by atoms with Crippen molar-refractivity contribution in [1.29, 1.82) is 0 Å². The highest BCUT2D eigenvalue weighted by molar-refractivity contribution is 5.89. The normalized spacial score (nSPS) is 17.7. The summed E-state index contributed by atoms with van der Waals surface area (Å²) in [6.07, 6.45) is -0.371. The molecule has 2 aromatic carbocycles. The fourth-order valence-electron chi connectivity index (χ4n) is 3.91. The first kappa shape index (κ1) is 21.5. The quantitative estimate of drug-likeness (QED) is 0.594. The molecular weight excluding hydrogens is 418 g/mol. The molecule has 32 heavy (non-hydrogen) atoms. The molecule has 0 unspecified atom stereocenters. The number of nitrogens with zero attached hydrogens (tertiary/aromatic N) is 3. The number of aromatic nitrogens is 2. The van der Waals surface area contributed by atoms with Crippen LogP contribution in [0, 0.1) is 0 Å². The predicted molar refractivity (Wildman–Crippen MR) is 116 cm³/mol. The molecule has 0 aliphatic carbocycles. The maximum absolute atomic E-state index is 14.9. The monoisotopic (exact) mass is 440 g/mol. The number of para-hydroxylation sites is 1. The van der Waals surface area contributed by atoms with Crippen molar-refractivity contribution in [2.24, 2.45) is 0 Å². The summed E-state index contributed by atoms with van der Waals surface area (Å²) in [7, 11) is 1.26. The van der Waals surface area contributed by atoms with Crippen molar-refractivity contribution in [2.45, 2.75) is 18.3 Å². The molecule has 0 spiro atoms. The van der Waals surface area contributed by atoms with Crippen LogP contribution in [0.15, 0.2) is 54.6 Å². The summed E-state index contributed by atoms with van der Waals surface area (Å²) in [5.74, 6) is -4.41. The second kappa shape index (κ2) is 8.41. The smallest absolute Gasteiger partial charge is 0.337 e. The Morgan fingerprint density at radius 1 is 1.19 bits per heavy atom. The Hall–Kier alpha value is -3.75. The number of carbonyl (C=O) groups is 1. The fourth-order valence-corrected chi connectivity index (χ4v) is 3.91. The third-order valence-corrected chi connectivity index (χ3v) is 5.68. The highest BCUT2D eigenvalue weighted by Crippen LogP contribution is 2.43. The number of anilines is 2. The van der Waals surface area contributed by atoms with Crippen LogP contribution < -0.4 is 10.6 Å². The Balaban J connectivity index is 1.65. The molecule has 1 aliphatic rings. The van der Waals surface area contributed by atoms with E-state index >= 15 is 0 Å². The summed E-state index contributed by atoms with van der Waals surface area (Å²) < 4.78 is 34.4. The Morgan fingerprint density at radius 2 is 1.91 bits per heavy atom. The van der Waals surface area contributed by atoms with Crippen molar-refractivity contribution in [3.05, 3.63) is 65.7 Å². The molecule has 7 nitrogen and oxygen atoms in total. The van der Waals surface area contributed by atoms with Crippen LogP contribution in [0.2, 0.25) is 0 Å². The highest BCUT2D eigenvalue weighted by atomic mass is 19.3. The van der Waals surface area contributed by atoms with Gasteiger partial charge in [0.1, 0.15) is 5.75 Å². The van der Waals surface area contributed by atoms with Gasteiger partial charge in [0.25, 0.3) is 5.92 Å². The van der Waals surface area contributed by atoms with Gasteiger partial charge in [-0.3, -0.25) is 0 Å². The number of esters is 1. The minimum absolute atomic E-state index is 0.000671. The minimum Gasteiger partial charge on any atom is -0.507 e. The SMILES string of the molecule is COC(=O)c1ccc([C@@H]2CN(c3cc(-c4ccccc4O)nnc3N)CCC2(F)F)cc1. The number of piperidine rings is 1. The molecule has 1 fully saturated rings. The van der Waals surface area contributed by atoms with E-state index in [1.165, 1.54) is 37.4 Å². The molecule has 0 radical (unpaired) electrons. The first-order valence-corrected chi connectivity index (χ1v) is 10.0. The van der Waals surface area contributed by atoms with E-state index in [2.05, 4.69) is 14.9 Å². The van der Waals surface area contributed by atoms with Crippen LogP contribution in [0.25, 0.3) is 11.3 Å². The number of phenols is 1. The highest BCUT2D eigenvalue weighted by Gasteiger charge is 2.45. The van der Waals surface area contributed by atoms with Gasteiger partial charge in [0.05, 0.1) is 30.0 Å². The molecule has 2 heterocycles. The fraction of sp³-hybridized carbons (Fsp3) is 0.261. The number of hydrogen-bond acceptors (Lipinski definition) is 7. The molecule has 1 saturated heterocycles. The van der Waals surface area contributed by atoms with E-state index in [-0.39, 0.29) is 31.1 Å². The van der Waals surface area contributed by atoms with E-state index in [0.717, 1.165) is 0 Å². The molecule has 4 rings (SSSR count). The molecule has 9 heteroatoms. The van der Waals surface area contributed by atoms with Gasteiger partial charge in [0.2, 0.25) is 0 Å². The molecule has 0 saturated carbocycles. The molecule has 1 aliphatic heterocycles. The third-order valence-electron chi connectivity index (χ3n) is 5.68. The van der Waals surface area contributed by atoms with Gasteiger partial charge >= 0.3 is 5.97 Å². The van der Waals surface area contributed by atoms with Gasteiger partial charge in [-0.05, 0) is 35.9 Å². The number of rotatable bonds is 4. The lowest BCUT2D eigenvalue weighted by Crippen LogP contribution is -2.46. The number of phenolic OH excluding ortho intramolecular Hbond substituents is 1. The van der Waals surface area contributed by atoms with Crippen LogP contribution in [0.4, 0.5) is 20.3 Å². The Bertz CT molecular complexity index is 1140. The zero-order valence-corrected chi connectivity index (χ0v) is 17.3. The number of ether oxygens (including phenoxy) is 1. The van der Waals surface area contributed by atoms with Gasteiger partial charge in [-0.15, -0.1) is 10.2 Å². The van der Waals surface area contributed by atoms with Crippen LogP contribution in [0.3, 0.4) is 0 Å². The van der Waals surface area contributed by atoms with Crippen LogP contribution in [-0.2, 0) is 4.74 Å². The largest absolute Gasteiger partial charge is 0.507 e. The summed E-state index contributed by atoms with van der Waals surface area (Å²) in [6.45, 7) is 0.0839. The van der Waals surface area contributed by atoms with Crippen molar-refractivity contribution >= 4 is 17.5 Å². The van der Waals surface area contributed by atoms with E-state index in [0.29, 0.717) is 28.1 Å². The molecule has 0 bridgehead atoms. The van der Waals surface area contributed by atoms with Crippen molar-refractivity contribution in [3.8, 4) is 17.0 Å². The number of methoxy groups -OCH3 is 1. The number of alkyl halides is 2. The Kier molecular flexibility index (Phi) is 5.65. The topological polar surface area (TPSA) is 102 Å². The number of halogens is 2. The van der Waals surface area contributed by atoms with E-state index < -0.39 is 17.8 Å². The number of aromatic hydroxyl groups is 1. The van der Waals surface area contributed by atoms with Crippen molar-refractivity contribution in [3.63, 3.8) is 0 Å². The molecule has 3 N–H and O–H groups in total. The lowest BCUT2D eigenvalue weighted by Gasteiger charge is -2.40. The Labute approximate surface area is 183 Å². The standard InChI is InChI=1S/C23H22F2N4O3/c1-32-22(31)15-8-6-14(7-9-15)17-13-29(11-10-23(17,24)25)19-12-18(27-28-21(19)26)16-4-2-3-5-20(16)30/h2-9,12,17,30H,10-11,13H2,1H3,(H2,26,28)/t17-/m0/s1. The van der Waals surface area contributed by atoms with Gasteiger partial charge in [-0.2, -0.15) is 0 Å². The third kappa shape index (κ3) is 4.05. The zero-order valence-electron chi connectivity index (χ0n) is 17.3. The second-order valence-corrected chi connectivity index (χ2v) is 7.64. The Morgan fingerprint density at radius 3 is 2.59 bits per heavy atom. The summed E-state index contributed by atoms with van der Waals surface area (Å²) >= 11 is 0. The summed E-state index contributed by atoms with van der Waals surface area (Å²) in [5, 5.41) is 18.2. The second-order valence-electron chi connectivity index (χ2n) is 7.64. The average Bonchev–Trinajstić information content (AvgIpc) is 2.79. The maximum Gasteiger partial charge on any atom is 0.337 e. The number of hydrogen-bond donors (Lipinski definition) is 2. The first-order chi connectivity index (χ1) is 15.3. The number of benzene rings is 2. The number of carbonyl (C=O) groups excluding carboxylic acids is 1. The molecule has 3 aromatic rings. The van der Waals surface area contributed by atoms with Gasteiger partial charge in [0, 0.05) is 25.1 Å². The van der Waals surface area contributed by atoms with E-state index in [1.807, 2.05) is 0 Å². The van der Waals surface area contributed by atoms with E-state index in [1.54, 1.807) is 29.2 Å². The van der Waals surface area contributed by atoms with Gasteiger partial charge in [0.15, 0.2) is 5.82 Å². The predicted octanol–water partition coefficient (Wildman–Crippen LogP) is 3.85. The maximum atomic E-state index is 14.9. The summed E-state index contributed by atoms with van der Waals surface area (Å²) in [5.41, 5.74) is 8.08. The number of nitrogen functional groups attached to an aromatic ring is 1. The summed E-state index contributed by atoms with van der Waals surface area (Å²) in [4.78, 5) is 13.4. The molecule has 1 aromatic heterocycles. The van der Waals surface area contributed by atoms with Crippen molar-refractivity contribution in [1.82, 2.24) is 10.2 Å². The molecular formula is C23H22F2N4O3. The van der Waals surface area contributed by atoms with Crippen LogP contribution in [-0.4, -0.2) is 47.4 Å². The first-order valence-electron chi connectivity index (χ1n) is 10.0. The van der Waals surface area contributed by atoms with Gasteiger partial charge < -0.3 is 20.5 Å². The van der Waals surface area contributed by atoms with Crippen molar-refractivity contribution in [2.75, 3.05) is 30.8 Å². The van der Waals surface area contributed by atoms with E-state index in [9.17, 15) is 18.7 Å². The molecule has 166 valence electrons. The van der Waals surface area contributed by atoms with Crippen molar-refractivity contribution < 1.29 is 23.4 Å². The lowest BCUT2D eigenvalue weighted by molar-refractivity contribution is -0.0423. The zero-order chi connectivity index (χ0) is 22.9. The molecule has 0 amide bonds. The minimum atomic E-state index is -2.93. The van der Waals surface area contributed by atoms with Crippen LogP contribution in [0.1, 0.15) is 28.3 Å². The van der Waals surface area contributed by atoms with E-state index in [4.69, 9.17) is 5.73 Å². The summed E-state index contributed by atoms with van der Waals surface area (Å²) in [6, 6.07) is 14.3. The lowest BCUT2D eigenvalue weighted by atomic mass is 9.86. The molecule has 1 atom stereocenters. The number of nitrogens with two attached hydrogens (primary N) is 1. The van der Waals surface area contributed by atoms with Crippen LogP contribution >= 0.6 is 0 Å². The van der Waals surface area contributed by atoms with Gasteiger partial charge in [-0.25, -0.2) is 13.6 Å². The average molecular weight is 440 g/mol.